The largest absolute Gasteiger partial charge is 0.292 e. The van der Waals surface area contributed by atoms with Crippen molar-refractivity contribution in [2.24, 2.45) is 5.92 Å². The lowest BCUT2D eigenvalue weighted by atomic mass is 10.0. The molecule has 3 nitrogen and oxygen atoms in total. The van der Waals surface area contributed by atoms with E-state index in [0.29, 0.717) is 5.92 Å². The summed E-state index contributed by atoms with van der Waals surface area (Å²) < 4.78 is 0. The van der Waals surface area contributed by atoms with Crippen LogP contribution in [-0.4, -0.2) is 21.4 Å². The van der Waals surface area contributed by atoms with Gasteiger partial charge >= 0.3 is 0 Å². The standard InChI is InChI=1S/C21H31N3/c1-5-6-13-24(15-20-18(4)9-7-11-22-20)16-21-19(14-17(2)3)10-8-12-23-21/h7-12,17H,5-6,13-16H2,1-4H3. The Morgan fingerprint density at radius 2 is 1.67 bits per heavy atom. The minimum absolute atomic E-state index is 0.648. The molecule has 0 spiro atoms. The van der Waals surface area contributed by atoms with Gasteiger partial charge in [-0.3, -0.25) is 14.9 Å². The summed E-state index contributed by atoms with van der Waals surface area (Å²) in [6.07, 6.45) is 7.32. The van der Waals surface area contributed by atoms with Gasteiger partial charge in [-0.2, -0.15) is 0 Å². The molecule has 130 valence electrons. The minimum atomic E-state index is 0.648. The highest BCUT2D eigenvalue weighted by atomic mass is 15.1. The van der Waals surface area contributed by atoms with E-state index in [9.17, 15) is 0 Å². The number of hydrogen-bond donors (Lipinski definition) is 0. The van der Waals surface area contributed by atoms with Gasteiger partial charge in [0.2, 0.25) is 0 Å². The van der Waals surface area contributed by atoms with Gasteiger partial charge in [0, 0.05) is 25.5 Å². The number of unbranched alkanes of at least 4 members (excludes halogenated alkanes) is 1. The van der Waals surface area contributed by atoms with Crippen LogP contribution < -0.4 is 0 Å². The molecule has 2 heterocycles. The van der Waals surface area contributed by atoms with Gasteiger partial charge in [-0.25, -0.2) is 0 Å². The summed E-state index contributed by atoms with van der Waals surface area (Å²) >= 11 is 0. The summed E-state index contributed by atoms with van der Waals surface area (Å²) in [5, 5.41) is 0. The van der Waals surface area contributed by atoms with E-state index in [1.807, 2.05) is 18.5 Å². The zero-order chi connectivity index (χ0) is 17.4. The lowest BCUT2D eigenvalue weighted by Gasteiger charge is -2.23. The van der Waals surface area contributed by atoms with E-state index < -0.39 is 0 Å². The molecule has 0 bridgehead atoms. The molecule has 0 N–H and O–H groups in total. The Bertz CT molecular complexity index is 622. The third-order valence-corrected chi connectivity index (χ3v) is 4.31. The highest BCUT2D eigenvalue weighted by Gasteiger charge is 2.13. The maximum absolute atomic E-state index is 4.68. The first-order valence-electron chi connectivity index (χ1n) is 9.15. The second-order valence-corrected chi connectivity index (χ2v) is 7.04. The van der Waals surface area contributed by atoms with Gasteiger partial charge in [0.15, 0.2) is 0 Å². The van der Waals surface area contributed by atoms with E-state index in [1.165, 1.54) is 35.4 Å². The fourth-order valence-electron chi connectivity index (χ4n) is 2.94. The molecule has 2 aromatic rings. The maximum atomic E-state index is 4.68. The van der Waals surface area contributed by atoms with Crippen molar-refractivity contribution >= 4 is 0 Å². The lowest BCUT2D eigenvalue weighted by molar-refractivity contribution is 0.245. The van der Waals surface area contributed by atoms with E-state index in [0.717, 1.165) is 26.1 Å². The molecule has 3 heteroatoms. The van der Waals surface area contributed by atoms with Crippen LogP contribution in [-0.2, 0) is 19.5 Å². The van der Waals surface area contributed by atoms with Crippen LogP contribution in [0, 0.1) is 12.8 Å². The van der Waals surface area contributed by atoms with Crippen molar-refractivity contribution in [2.45, 2.75) is 60.0 Å². The molecule has 0 saturated carbocycles. The molecule has 0 aliphatic heterocycles. The zero-order valence-electron chi connectivity index (χ0n) is 15.6. The predicted octanol–water partition coefficient (Wildman–Crippen LogP) is 4.79. The van der Waals surface area contributed by atoms with E-state index in [-0.39, 0.29) is 0 Å². The summed E-state index contributed by atoms with van der Waals surface area (Å²) in [5.74, 6) is 0.648. The summed E-state index contributed by atoms with van der Waals surface area (Å²) in [6, 6.07) is 8.44. The summed E-state index contributed by atoms with van der Waals surface area (Å²) in [5.41, 5.74) is 5.04. The predicted molar refractivity (Wildman–Crippen MR) is 101 cm³/mol. The van der Waals surface area contributed by atoms with Crippen molar-refractivity contribution in [3.05, 3.63) is 59.2 Å². The average Bonchev–Trinajstić information content (AvgIpc) is 2.56. The number of rotatable bonds is 9. The second kappa shape index (κ2) is 9.53. The molecule has 0 saturated heterocycles. The molecule has 24 heavy (non-hydrogen) atoms. The Balaban J connectivity index is 2.15. The quantitative estimate of drug-likeness (QED) is 0.664. The third-order valence-electron chi connectivity index (χ3n) is 4.31. The molecule has 0 unspecified atom stereocenters. The SMILES string of the molecule is CCCCN(Cc1ncccc1C)Cc1ncccc1CC(C)C. The maximum Gasteiger partial charge on any atom is 0.0576 e. The van der Waals surface area contributed by atoms with Gasteiger partial charge in [0.1, 0.15) is 0 Å². The van der Waals surface area contributed by atoms with Crippen LogP contribution in [0.15, 0.2) is 36.7 Å². The first-order chi connectivity index (χ1) is 11.6. The second-order valence-electron chi connectivity index (χ2n) is 7.04. The van der Waals surface area contributed by atoms with Gasteiger partial charge in [-0.1, -0.05) is 39.3 Å². The minimum Gasteiger partial charge on any atom is -0.292 e. The van der Waals surface area contributed by atoms with Crippen molar-refractivity contribution < 1.29 is 0 Å². The van der Waals surface area contributed by atoms with Crippen molar-refractivity contribution in [3.63, 3.8) is 0 Å². The fourth-order valence-corrected chi connectivity index (χ4v) is 2.94. The number of hydrogen-bond acceptors (Lipinski definition) is 3. The molecular formula is C21H31N3. The molecule has 0 aliphatic rings. The molecule has 2 rings (SSSR count). The van der Waals surface area contributed by atoms with Crippen molar-refractivity contribution in [1.29, 1.82) is 0 Å². The Morgan fingerprint density at radius 1 is 1.00 bits per heavy atom. The van der Waals surface area contributed by atoms with Gasteiger partial charge < -0.3 is 0 Å². The molecule has 0 aliphatic carbocycles. The van der Waals surface area contributed by atoms with Gasteiger partial charge in [0.25, 0.3) is 0 Å². The summed E-state index contributed by atoms with van der Waals surface area (Å²) in [4.78, 5) is 11.7. The van der Waals surface area contributed by atoms with Crippen molar-refractivity contribution in [3.8, 4) is 0 Å². The molecule has 0 amide bonds. The monoisotopic (exact) mass is 325 g/mol. The first-order valence-corrected chi connectivity index (χ1v) is 9.15. The van der Waals surface area contributed by atoms with Gasteiger partial charge in [-0.15, -0.1) is 0 Å². The highest BCUT2D eigenvalue weighted by molar-refractivity contribution is 5.21. The summed E-state index contributed by atoms with van der Waals surface area (Å²) in [7, 11) is 0. The molecule has 0 aromatic carbocycles. The van der Waals surface area contributed by atoms with Crippen LogP contribution in [0.25, 0.3) is 0 Å². The van der Waals surface area contributed by atoms with Crippen LogP contribution in [0.1, 0.15) is 56.1 Å². The number of nitrogens with zero attached hydrogens (tertiary/aromatic N) is 3. The van der Waals surface area contributed by atoms with Crippen LogP contribution in [0.2, 0.25) is 0 Å². The van der Waals surface area contributed by atoms with Crippen LogP contribution in [0.5, 0.6) is 0 Å². The molecule has 2 aromatic heterocycles. The average molecular weight is 326 g/mol. The van der Waals surface area contributed by atoms with Crippen LogP contribution in [0.4, 0.5) is 0 Å². The van der Waals surface area contributed by atoms with E-state index in [1.54, 1.807) is 0 Å². The Morgan fingerprint density at radius 3 is 2.33 bits per heavy atom. The van der Waals surface area contributed by atoms with E-state index >= 15 is 0 Å². The van der Waals surface area contributed by atoms with Gasteiger partial charge in [-0.05, 0) is 55.5 Å². The number of aromatic nitrogens is 2. The van der Waals surface area contributed by atoms with E-state index in [4.69, 9.17) is 0 Å². The number of pyridine rings is 2. The molecule has 0 fully saturated rings. The molecule has 0 atom stereocenters. The van der Waals surface area contributed by atoms with Gasteiger partial charge in [0.05, 0.1) is 11.4 Å². The topological polar surface area (TPSA) is 29.0 Å². The Hall–Kier alpha value is -1.74. The van der Waals surface area contributed by atoms with Crippen molar-refractivity contribution in [2.75, 3.05) is 6.54 Å². The Kier molecular flexibility index (Phi) is 7.38. The van der Waals surface area contributed by atoms with Crippen molar-refractivity contribution in [1.82, 2.24) is 14.9 Å². The zero-order valence-corrected chi connectivity index (χ0v) is 15.6. The normalized spacial score (nSPS) is 11.4. The first kappa shape index (κ1) is 18.6. The fraction of sp³-hybridized carbons (Fsp3) is 0.524. The molecular weight excluding hydrogens is 294 g/mol. The third kappa shape index (κ3) is 5.72. The molecule has 0 radical (unpaired) electrons. The van der Waals surface area contributed by atoms with Crippen LogP contribution >= 0.6 is 0 Å². The Labute approximate surface area is 147 Å². The van der Waals surface area contributed by atoms with E-state index in [2.05, 4.69) is 60.8 Å². The lowest BCUT2D eigenvalue weighted by Crippen LogP contribution is -2.26. The van der Waals surface area contributed by atoms with Crippen LogP contribution in [0.3, 0.4) is 0 Å². The highest BCUT2D eigenvalue weighted by Crippen LogP contribution is 2.16. The summed E-state index contributed by atoms with van der Waals surface area (Å²) in [6.45, 7) is 11.8. The smallest absolute Gasteiger partial charge is 0.0576 e. The number of aryl methyl sites for hydroxylation is 1.